The summed E-state index contributed by atoms with van der Waals surface area (Å²) in [5.41, 5.74) is 7.37. The van der Waals surface area contributed by atoms with Gasteiger partial charge < -0.3 is 14.9 Å². The zero-order valence-corrected chi connectivity index (χ0v) is 10.7. The summed E-state index contributed by atoms with van der Waals surface area (Å²) >= 11 is 0. The second-order valence-electron chi connectivity index (χ2n) is 4.13. The van der Waals surface area contributed by atoms with Gasteiger partial charge in [-0.1, -0.05) is 18.2 Å². The Labute approximate surface area is 114 Å². The van der Waals surface area contributed by atoms with Crippen molar-refractivity contribution < 1.29 is 13.9 Å². The number of nitrogens with two attached hydrogens (primary N) is 1. The number of carbonyl (C=O) groups is 1. The molecule has 6 heteroatoms. The van der Waals surface area contributed by atoms with Gasteiger partial charge in [-0.25, -0.2) is 14.8 Å². The number of hydrogen-bond acceptors (Lipinski definition) is 6. The van der Waals surface area contributed by atoms with Crippen molar-refractivity contribution >= 4 is 22.8 Å². The van der Waals surface area contributed by atoms with Crippen molar-refractivity contribution in [1.29, 1.82) is 0 Å². The number of nitrogens with zero attached hydrogens (tertiary/aromatic N) is 2. The maximum Gasteiger partial charge on any atom is 0.343 e. The summed E-state index contributed by atoms with van der Waals surface area (Å²) in [6.07, 6.45) is 2.92. The Morgan fingerprint density at radius 2 is 2.15 bits per heavy atom. The van der Waals surface area contributed by atoms with Gasteiger partial charge in [0.2, 0.25) is 0 Å². The molecule has 0 fully saturated rings. The third-order valence-electron chi connectivity index (χ3n) is 2.95. The van der Waals surface area contributed by atoms with Crippen molar-refractivity contribution in [3.63, 3.8) is 0 Å². The summed E-state index contributed by atoms with van der Waals surface area (Å²) < 4.78 is 10.0. The van der Waals surface area contributed by atoms with Crippen LogP contribution < -0.4 is 5.73 Å². The molecule has 0 atom stereocenters. The molecule has 0 amide bonds. The van der Waals surface area contributed by atoms with E-state index >= 15 is 0 Å². The Bertz CT molecular complexity index is 795. The summed E-state index contributed by atoms with van der Waals surface area (Å²) in [4.78, 5) is 19.7. The lowest BCUT2D eigenvalue weighted by atomic mass is 10.1. The Morgan fingerprint density at radius 1 is 1.35 bits per heavy atom. The molecule has 0 aliphatic carbocycles. The minimum atomic E-state index is -0.564. The highest BCUT2D eigenvalue weighted by molar-refractivity contribution is 5.95. The molecule has 2 heterocycles. The number of rotatable bonds is 2. The number of benzene rings is 1. The number of methoxy groups -OCH3 is 1. The summed E-state index contributed by atoms with van der Waals surface area (Å²) in [7, 11) is 1.28. The van der Waals surface area contributed by atoms with E-state index in [4.69, 9.17) is 10.2 Å². The first-order valence-electron chi connectivity index (χ1n) is 5.88. The van der Waals surface area contributed by atoms with E-state index in [2.05, 4.69) is 14.7 Å². The third kappa shape index (κ3) is 1.87. The lowest BCUT2D eigenvalue weighted by Gasteiger charge is -2.04. The SMILES string of the molecule is COC(=O)c1cnc(-c2coc3ccccc23)nc1N. The second kappa shape index (κ2) is 4.65. The fourth-order valence-corrected chi connectivity index (χ4v) is 1.94. The van der Waals surface area contributed by atoms with Gasteiger partial charge in [0.1, 0.15) is 23.2 Å². The van der Waals surface area contributed by atoms with E-state index in [0.717, 1.165) is 16.5 Å². The Morgan fingerprint density at radius 3 is 2.90 bits per heavy atom. The van der Waals surface area contributed by atoms with Gasteiger partial charge in [0.25, 0.3) is 0 Å². The van der Waals surface area contributed by atoms with Crippen LogP contribution in [-0.4, -0.2) is 23.0 Å². The van der Waals surface area contributed by atoms with Gasteiger partial charge >= 0.3 is 5.97 Å². The van der Waals surface area contributed by atoms with Crippen LogP contribution in [0.2, 0.25) is 0 Å². The molecular weight excluding hydrogens is 258 g/mol. The van der Waals surface area contributed by atoms with Crippen LogP contribution in [0.5, 0.6) is 0 Å². The molecule has 0 unspecified atom stereocenters. The van der Waals surface area contributed by atoms with E-state index in [9.17, 15) is 4.79 Å². The average molecular weight is 269 g/mol. The molecule has 0 aliphatic heterocycles. The molecule has 0 spiro atoms. The number of anilines is 1. The van der Waals surface area contributed by atoms with Crippen molar-refractivity contribution in [3.8, 4) is 11.4 Å². The molecule has 0 bridgehead atoms. The number of aromatic nitrogens is 2. The lowest BCUT2D eigenvalue weighted by Crippen LogP contribution is -2.08. The standard InChI is InChI=1S/C14H11N3O3/c1-19-14(18)9-6-16-13(17-12(9)15)10-7-20-11-5-3-2-4-8(10)11/h2-7H,1H3,(H2,15,16,17). The molecule has 20 heavy (non-hydrogen) atoms. The first-order valence-corrected chi connectivity index (χ1v) is 5.88. The fourth-order valence-electron chi connectivity index (χ4n) is 1.94. The van der Waals surface area contributed by atoms with E-state index < -0.39 is 5.97 Å². The number of hydrogen-bond donors (Lipinski definition) is 1. The van der Waals surface area contributed by atoms with Crippen LogP contribution >= 0.6 is 0 Å². The molecule has 0 saturated carbocycles. The van der Waals surface area contributed by atoms with Gasteiger partial charge in [-0.3, -0.25) is 0 Å². The van der Waals surface area contributed by atoms with Gasteiger partial charge in [0.05, 0.1) is 12.7 Å². The molecule has 0 saturated heterocycles. The van der Waals surface area contributed by atoms with E-state index in [0.29, 0.717) is 5.82 Å². The van der Waals surface area contributed by atoms with Crippen LogP contribution in [0.15, 0.2) is 41.1 Å². The molecule has 2 N–H and O–H groups in total. The van der Waals surface area contributed by atoms with E-state index in [-0.39, 0.29) is 11.4 Å². The average Bonchev–Trinajstić information content (AvgIpc) is 2.90. The number of carbonyl (C=O) groups excluding carboxylic acids is 1. The number of furan rings is 1. The Balaban J connectivity index is 2.11. The topological polar surface area (TPSA) is 91.2 Å². The van der Waals surface area contributed by atoms with Crippen LogP contribution in [0.4, 0.5) is 5.82 Å². The van der Waals surface area contributed by atoms with E-state index in [1.807, 2.05) is 24.3 Å². The lowest BCUT2D eigenvalue weighted by molar-refractivity contribution is 0.0601. The van der Waals surface area contributed by atoms with Crippen molar-refractivity contribution in [3.05, 3.63) is 42.3 Å². The quantitative estimate of drug-likeness (QED) is 0.717. The maximum absolute atomic E-state index is 11.4. The predicted molar refractivity (Wildman–Crippen MR) is 73.0 cm³/mol. The van der Waals surface area contributed by atoms with Crippen molar-refractivity contribution in [2.24, 2.45) is 0 Å². The Kier molecular flexibility index (Phi) is 2.83. The van der Waals surface area contributed by atoms with Gasteiger partial charge in [0, 0.05) is 11.6 Å². The number of nitrogen functional groups attached to an aromatic ring is 1. The molecule has 3 rings (SSSR count). The van der Waals surface area contributed by atoms with Gasteiger partial charge in [-0.2, -0.15) is 0 Å². The van der Waals surface area contributed by atoms with Gasteiger partial charge in [-0.15, -0.1) is 0 Å². The van der Waals surface area contributed by atoms with E-state index in [1.54, 1.807) is 6.26 Å². The molecule has 0 radical (unpaired) electrons. The smallest absolute Gasteiger partial charge is 0.343 e. The molecule has 1 aromatic carbocycles. The monoisotopic (exact) mass is 269 g/mol. The highest BCUT2D eigenvalue weighted by Crippen LogP contribution is 2.28. The fraction of sp³-hybridized carbons (Fsp3) is 0.0714. The van der Waals surface area contributed by atoms with Crippen LogP contribution in [0.25, 0.3) is 22.4 Å². The summed E-state index contributed by atoms with van der Waals surface area (Å²) in [6, 6.07) is 7.53. The van der Waals surface area contributed by atoms with Crippen LogP contribution in [-0.2, 0) is 4.74 Å². The van der Waals surface area contributed by atoms with Crippen LogP contribution in [0.1, 0.15) is 10.4 Å². The zero-order chi connectivity index (χ0) is 14.1. The second-order valence-corrected chi connectivity index (χ2v) is 4.13. The van der Waals surface area contributed by atoms with Crippen LogP contribution in [0.3, 0.4) is 0 Å². The van der Waals surface area contributed by atoms with Crippen molar-refractivity contribution in [2.45, 2.75) is 0 Å². The molecule has 2 aromatic heterocycles. The van der Waals surface area contributed by atoms with Gasteiger partial charge in [-0.05, 0) is 6.07 Å². The number of ether oxygens (including phenoxy) is 1. The summed E-state index contributed by atoms with van der Waals surface area (Å²) in [5.74, 6) is -0.0849. The minimum absolute atomic E-state index is 0.0760. The normalized spacial score (nSPS) is 10.7. The number of para-hydroxylation sites is 1. The molecular formula is C14H11N3O3. The maximum atomic E-state index is 11.4. The van der Waals surface area contributed by atoms with Gasteiger partial charge in [0.15, 0.2) is 5.82 Å². The molecule has 6 nitrogen and oxygen atoms in total. The molecule has 3 aromatic rings. The largest absolute Gasteiger partial charge is 0.465 e. The highest BCUT2D eigenvalue weighted by atomic mass is 16.5. The first-order chi connectivity index (χ1) is 9.70. The first kappa shape index (κ1) is 12.2. The highest BCUT2D eigenvalue weighted by Gasteiger charge is 2.15. The minimum Gasteiger partial charge on any atom is -0.465 e. The summed E-state index contributed by atoms with van der Waals surface area (Å²) in [6.45, 7) is 0. The van der Waals surface area contributed by atoms with Crippen molar-refractivity contribution in [1.82, 2.24) is 9.97 Å². The predicted octanol–water partition coefficient (Wildman–Crippen LogP) is 2.26. The van der Waals surface area contributed by atoms with Crippen molar-refractivity contribution in [2.75, 3.05) is 12.8 Å². The number of fused-ring (bicyclic) bond motifs is 1. The third-order valence-corrected chi connectivity index (χ3v) is 2.95. The van der Waals surface area contributed by atoms with Crippen LogP contribution in [0, 0.1) is 0 Å². The Hall–Kier alpha value is -2.89. The number of esters is 1. The molecule has 0 aliphatic rings. The zero-order valence-electron chi connectivity index (χ0n) is 10.7. The summed E-state index contributed by atoms with van der Waals surface area (Å²) in [5, 5.41) is 0.887. The molecule has 100 valence electrons. The van der Waals surface area contributed by atoms with E-state index in [1.165, 1.54) is 13.3 Å².